The third-order valence-electron chi connectivity index (χ3n) is 3.77. The van der Waals surface area contributed by atoms with Gasteiger partial charge in [0.25, 0.3) is 0 Å². The molecular weight excluding hydrogens is 274 g/mol. The number of nitrogens with zero attached hydrogens (tertiary/aromatic N) is 1. The van der Waals surface area contributed by atoms with Gasteiger partial charge in [-0.3, -0.25) is 0 Å². The minimum atomic E-state index is -0.230. The molecule has 0 saturated carbocycles. The van der Waals surface area contributed by atoms with Crippen LogP contribution in [0.1, 0.15) is 48.1 Å². The maximum atomic E-state index is 12.2. The first-order valence-corrected chi connectivity index (χ1v) is 7.81. The molecule has 1 rings (SSSR count). The standard InChI is InChI=1S/C19H27NO2/c1-7-11-16(12-8-2)13-20-15(6)18(19(21)22-10-4)14(5)17(20)9-3/h7-8,11-12H,1,9-10,13H2,2-6H3/b12-8-,16-11+. The second-order valence-corrected chi connectivity index (χ2v) is 5.17. The fourth-order valence-corrected chi connectivity index (χ4v) is 2.84. The molecular formula is C19H27NO2. The number of aromatic nitrogens is 1. The molecule has 3 heteroatoms. The summed E-state index contributed by atoms with van der Waals surface area (Å²) in [4.78, 5) is 12.2. The van der Waals surface area contributed by atoms with Gasteiger partial charge >= 0.3 is 5.97 Å². The number of allylic oxidation sites excluding steroid dienone is 5. The van der Waals surface area contributed by atoms with Crippen LogP contribution in [0.5, 0.6) is 0 Å². The number of hydrogen-bond acceptors (Lipinski definition) is 2. The fraction of sp³-hybridized carbons (Fsp3) is 0.421. The lowest BCUT2D eigenvalue weighted by Gasteiger charge is -2.12. The SMILES string of the molecule is C=C/C=C(\C=C/C)Cn1c(C)c(C(=O)OCC)c(C)c1CC. The van der Waals surface area contributed by atoms with Gasteiger partial charge in [-0.1, -0.05) is 37.8 Å². The van der Waals surface area contributed by atoms with Gasteiger partial charge in [-0.25, -0.2) is 4.79 Å². The normalized spacial score (nSPS) is 12.0. The van der Waals surface area contributed by atoms with E-state index >= 15 is 0 Å². The molecule has 1 heterocycles. The monoisotopic (exact) mass is 301 g/mol. The predicted octanol–water partition coefficient (Wildman–Crippen LogP) is 4.53. The number of carbonyl (C=O) groups excluding carboxylic acids is 1. The molecule has 22 heavy (non-hydrogen) atoms. The molecule has 0 bridgehead atoms. The Labute approximate surface area is 134 Å². The van der Waals surface area contributed by atoms with E-state index in [1.54, 1.807) is 6.08 Å². The van der Waals surface area contributed by atoms with Crippen LogP contribution in [0.2, 0.25) is 0 Å². The van der Waals surface area contributed by atoms with Crippen LogP contribution in [-0.2, 0) is 17.7 Å². The van der Waals surface area contributed by atoms with Gasteiger partial charge in [0.15, 0.2) is 0 Å². The van der Waals surface area contributed by atoms with E-state index in [9.17, 15) is 4.79 Å². The first-order chi connectivity index (χ1) is 10.5. The van der Waals surface area contributed by atoms with Crippen molar-refractivity contribution in [2.24, 2.45) is 0 Å². The maximum absolute atomic E-state index is 12.2. The molecule has 0 atom stereocenters. The van der Waals surface area contributed by atoms with E-state index in [1.165, 1.54) is 5.69 Å². The highest BCUT2D eigenvalue weighted by Crippen LogP contribution is 2.25. The highest BCUT2D eigenvalue weighted by Gasteiger charge is 2.22. The highest BCUT2D eigenvalue weighted by molar-refractivity contribution is 5.93. The van der Waals surface area contributed by atoms with Crippen LogP contribution in [0.3, 0.4) is 0 Å². The topological polar surface area (TPSA) is 31.2 Å². The zero-order valence-corrected chi connectivity index (χ0v) is 14.4. The van der Waals surface area contributed by atoms with Crippen LogP contribution in [0.25, 0.3) is 0 Å². The van der Waals surface area contributed by atoms with Gasteiger partial charge in [-0.15, -0.1) is 0 Å². The first-order valence-electron chi connectivity index (χ1n) is 7.81. The van der Waals surface area contributed by atoms with E-state index in [0.29, 0.717) is 12.2 Å². The van der Waals surface area contributed by atoms with Crippen molar-refractivity contribution in [3.63, 3.8) is 0 Å². The summed E-state index contributed by atoms with van der Waals surface area (Å²) < 4.78 is 7.41. The Kier molecular flexibility index (Phi) is 6.90. The van der Waals surface area contributed by atoms with Crippen molar-refractivity contribution < 1.29 is 9.53 Å². The zero-order chi connectivity index (χ0) is 16.7. The van der Waals surface area contributed by atoms with Crippen LogP contribution >= 0.6 is 0 Å². The van der Waals surface area contributed by atoms with Gasteiger partial charge in [-0.05, 0) is 45.3 Å². The summed E-state index contributed by atoms with van der Waals surface area (Å²) >= 11 is 0. The molecule has 0 aromatic carbocycles. The Morgan fingerprint density at radius 2 is 2.00 bits per heavy atom. The molecule has 1 aromatic heterocycles. The van der Waals surface area contributed by atoms with Crippen LogP contribution in [-0.4, -0.2) is 17.1 Å². The second-order valence-electron chi connectivity index (χ2n) is 5.17. The highest BCUT2D eigenvalue weighted by atomic mass is 16.5. The summed E-state index contributed by atoms with van der Waals surface area (Å²) in [5.74, 6) is -0.230. The molecule has 0 aliphatic rings. The molecule has 120 valence electrons. The Morgan fingerprint density at radius 3 is 2.50 bits per heavy atom. The molecule has 0 radical (unpaired) electrons. The average Bonchev–Trinajstić information content (AvgIpc) is 2.70. The molecule has 0 amide bonds. The third-order valence-corrected chi connectivity index (χ3v) is 3.77. The van der Waals surface area contributed by atoms with Crippen LogP contribution in [0, 0.1) is 13.8 Å². The summed E-state index contributed by atoms with van der Waals surface area (Å²) in [5, 5.41) is 0. The van der Waals surface area contributed by atoms with Gasteiger partial charge in [0.1, 0.15) is 0 Å². The Bertz CT molecular complexity index is 603. The van der Waals surface area contributed by atoms with Crippen LogP contribution in [0.15, 0.2) is 36.5 Å². The van der Waals surface area contributed by atoms with Crippen molar-refractivity contribution >= 4 is 5.97 Å². The van der Waals surface area contributed by atoms with Crippen molar-refractivity contribution in [3.05, 3.63) is 59.0 Å². The fourth-order valence-electron chi connectivity index (χ4n) is 2.84. The first kappa shape index (κ1) is 18.0. The number of esters is 1. The van der Waals surface area contributed by atoms with E-state index in [1.807, 2.05) is 39.8 Å². The zero-order valence-electron chi connectivity index (χ0n) is 14.4. The molecule has 0 fully saturated rings. The Balaban J connectivity index is 3.36. The number of hydrogen-bond donors (Lipinski definition) is 0. The van der Waals surface area contributed by atoms with Gasteiger partial charge in [-0.2, -0.15) is 0 Å². The van der Waals surface area contributed by atoms with E-state index in [2.05, 4.69) is 24.1 Å². The van der Waals surface area contributed by atoms with Crippen molar-refractivity contribution in [1.29, 1.82) is 0 Å². The van der Waals surface area contributed by atoms with Gasteiger partial charge in [0.05, 0.1) is 12.2 Å². The van der Waals surface area contributed by atoms with Gasteiger partial charge < -0.3 is 9.30 Å². The van der Waals surface area contributed by atoms with Crippen LogP contribution < -0.4 is 0 Å². The minimum absolute atomic E-state index is 0.230. The quantitative estimate of drug-likeness (QED) is 0.547. The molecule has 0 spiro atoms. The Hall–Kier alpha value is -2.03. The lowest BCUT2D eigenvalue weighted by atomic mass is 10.1. The van der Waals surface area contributed by atoms with Crippen LogP contribution in [0.4, 0.5) is 0 Å². The Morgan fingerprint density at radius 1 is 1.32 bits per heavy atom. The third kappa shape index (κ3) is 3.79. The van der Waals surface area contributed by atoms with Crippen molar-refractivity contribution in [3.8, 4) is 0 Å². The smallest absolute Gasteiger partial charge is 0.340 e. The lowest BCUT2D eigenvalue weighted by molar-refractivity contribution is 0.0524. The second kappa shape index (κ2) is 8.42. The predicted molar refractivity (Wildman–Crippen MR) is 92.3 cm³/mol. The molecule has 3 nitrogen and oxygen atoms in total. The molecule has 0 unspecified atom stereocenters. The van der Waals surface area contributed by atoms with Crippen molar-refractivity contribution in [2.75, 3.05) is 6.61 Å². The largest absolute Gasteiger partial charge is 0.462 e. The summed E-state index contributed by atoms with van der Waals surface area (Å²) in [6, 6.07) is 0. The molecule has 1 aromatic rings. The minimum Gasteiger partial charge on any atom is -0.462 e. The average molecular weight is 301 g/mol. The number of carbonyl (C=O) groups is 1. The van der Waals surface area contributed by atoms with Crippen molar-refractivity contribution in [2.45, 2.75) is 47.6 Å². The van der Waals surface area contributed by atoms with E-state index in [-0.39, 0.29) is 5.97 Å². The number of rotatable bonds is 7. The maximum Gasteiger partial charge on any atom is 0.340 e. The summed E-state index contributed by atoms with van der Waals surface area (Å²) in [6.07, 6.45) is 8.75. The summed E-state index contributed by atoms with van der Waals surface area (Å²) in [5.41, 5.74) is 5.03. The van der Waals surface area contributed by atoms with E-state index in [4.69, 9.17) is 4.74 Å². The molecule has 0 aliphatic carbocycles. The summed E-state index contributed by atoms with van der Waals surface area (Å²) in [6.45, 7) is 14.8. The lowest BCUT2D eigenvalue weighted by Crippen LogP contribution is -2.09. The summed E-state index contributed by atoms with van der Waals surface area (Å²) in [7, 11) is 0. The van der Waals surface area contributed by atoms with Gasteiger partial charge in [0, 0.05) is 17.9 Å². The number of ether oxygens (including phenoxy) is 1. The molecule has 0 saturated heterocycles. The molecule has 0 N–H and O–H groups in total. The van der Waals surface area contributed by atoms with E-state index in [0.717, 1.165) is 29.8 Å². The molecule has 0 aliphatic heterocycles. The van der Waals surface area contributed by atoms with E-state index < -0.39 is 0 Å². The van der Waals surface area contributed by atoms with Gasteiger partial charge in [0.2, 0.25) is 0 Å². The van der Waals surface area contributed by atoms with Crippen molar-refractivity contribution in [1.82, 2.24) is 4.57 Å².